The Bertz CT molecular complexity index is 958. The SMILES string of the molecule is O=C(COC(=O)c1ccn[nH]1)Nc1ccc(Cl)c(S(=O)(=O)N2CCOCC2)c1. The van der Waals surface area contributed by atoms with E-state index in [0.29, 0.717) is 13.2 Å². The lowest BCUT2D eigenvalue weighted by Gasteiger charge is -2.26. The number of rotatable bonds is 6. The molecule has 2 N–H and O–H groups in total. The summed E-state index contributed by atoms with van der Waals surface area (Å²) in [6, 6.07) is 5.50. The first kappa shape index (κ1) is 20.3. The molecule has 1 amide bonds. The van der Waals surface area contributed by atoms with Crippen LogP contribution in [0, 0.1) is 0 Å². The van der Waals surface area contributed by atoms with Gasteiger partial charge in [0.15, 0.2) is 6.61 Å². The van der Waals surface area contributed by atoms with Gasteiger partial charge in [0.1, 0.15) is 10.6 Å². The maximum atomic E-state index is 12.8. The minimum atomic E-state index is -3.83. The van der Waals surface area contributed by atoms with Gasteiger partial charge in [0.25, 0.3) is 5.91 Å². The summed E-state index contributed by atoms with van der Waals surface area (Å²) in [6.45, 7) is 0.494. The molecule has 1 fully saturated rings. The summed E-state index contributed by atoms with van der Waals surface area (Å²) in [7, 11) is -3.83. The van der Waals surface area contributed by atoms with Gasteiger partial charge in [0.2, 0.25) is 10.0 Å². The Morgan fingerprint density at radius 2 is 2.04 bits per heavy atom. The number of esters is 1. The van der Waals surface area contributed by atoms with E-state index in [9.17, 15) is 18.0 Å². The molecule has 1 saturated heterocycles. The highest BCUT2D eigenvalue weighted by Gasteiger charge is 2.28. The van der Waals surface area contributed by atoms with E-state index >= 15 is 0 Å². The summed E-state index contributed by atoms with van der Waals surface area (Å²) in [6.07, 6.45) is 1.38. The van der Waals surface area contributed by atoms with Gasteiger partial charge in [-0.2, -0.15) is 9.40 Å². The first-order valence-corrected chi connectivity index (χ1v) is 10.0. The van der Waals surface area contributed by atoms with Gasteiger partial charge >= 0.3 is 5.97 Å². The minimum Gasteiger partial charge on any atom is -0.451 e. The van der Waals surface area contributed by atoms with Crippen LogP contribution in [0.4, 0.5) is 5.69 Å². The van der Waals surface area contributed by atoms with Crippen LogP contribution >= 0.6 is 11.6 Å². The number of hydrogen-bond donors (Lipinski definition) is 2. The normalized spacial score (nSPS) is 15.2. The molecule has 150 valence electrons. The third-order valence-corrected chi connectivity index (χ3v) is 6.24. The molecule has 1 aromatic heterocycles. The van der Waals surface area contributed by atoms with E-state index in [1.54, 1.807) is 0 Å². The van der Waals surface area contributed by atoms with Crippen LogP contribution in [-0.4, -0.2) is 67.7 Å². The number of aromatic amines is 1. The second-order valence-electron chi connectivity index (χ2n) is 5.76. The predicted molar refractivity (Wildman–Crippen MR) is 98.5 cm³/mol. The highest BCUT2D eigenvalue weighted by Crippen LogP contribution is 2.28. The lowest BCUT2D eigenvalue weighted by atomic mass is 10.3. The lowest BCUT2D eigenvalue weighted by molar-refractivity contribution is -0.119. The van der Waals surface area contributed by atoms with Crippen LogP contribution in [0.25, 0.3) is 0 Å². The van der Waals surface area contributed by atoms with Gasteiger partial charge in [-0.1, -0.05) is 11.6 Å². The first-order chi connectivity index (χ1) is 13.4. The molecule has 0 spiro atoms. The molecular formula is C16H17ClN4O6S. The van der Waals surface area contributed by atoms with E-state index in [4.69, 9.17) is 21.1 Å². The fraction of sp³-hybridized carbons (Fsp3) is 0.312. The number of carbonyl (C=O) groups is 2. The molecular weight excluding hydrogens is 412 g/mol. The third-order valence-electron chi connectivity index (χ3n) is 3.86. The van der Waals surface area contributed by atoms with Crippen molar-refractivity contribution >= 4 is 39.2 Å². The number of nitrogens with one attached hydrogen (secondary N) is 2. The van der Waals surface area contributed by atoms with Crippen LogP contribution in [0.1, 0.15) is 10.5 Å². The van der Waals surface area contributed by atoms with E-state index in [1.807, 2.05) is 0 Å². The molecule has 12 heteroatoms. The van der Waals surface area contributed by atoms with Crippen molar-refractivity contribution in [1.82, 2.24) is 14.5 Å². The van der Waals surface area contributed by atoms with Gasteiger partial charge < -0.3 is 14.8 Å². The molecule has 1 aromatic carbocycles. The van der Waals surface area contributed by atoms with Crippen LogP contribution in [0.5, 0.6) is 0 Å². The fourth-order valence-corrected chi connectivity index (χ4v) is 4.39. The quantitative estimate of drug-likeness (QED) is 0.653. The topological polar surface area (TPSA) is 131 Å². The molecule has 10 nitrogen and oxygen atoms in total. The number of aromatic nitrogens is 2. The summed E-state index contributed by atoms with van der Waals surface area (Å²) in [5, 5.41) is 8.54. The number of halogens is 1. The molecule has 2 aromatic rings. The van der Waals surface area contributed by atoms with Crippen molar-refractivity contribution in [3.05, 3.63) is 41.2 Å². The predicted octanol–water partition coefficient (Wildman–Crippen LogP) is 0.879. The molecule has 0 aliphatic carbocycles. The summed E-state index contributed by atoms with van der Waals surface area (Å²) < 4.78 is 36.9. The van der Waals surface area contributed by atoms with Gasteiger partial charge in [-0.25, -0.2) is 13.2 Å². The largest absolute Gasteiger partial charge is 0.451 e. The number of anilines is 1. The summed E-state index contributed by atoms with van der Waals surface area (Å²) in [4.78, 5) is 23.6. The van der Waals surface area contributed by atoms with E-state index in [-0.39, 0.29) is 34.4 Å². The number of H-pyrrole nitrogens is 1. The zero-order valence-electron chi connectivity index (χ0n) is 14.6. The van der Waals surface area contributed by atoms with Crippen molar-refractivity contribution in [2.45, 2.75) is 4.90 Å². The average Bonchev–Trinajstić information content (AvgIpc) is 3.23. The Balaban J connectivity index is 1.67. The third kappa shape index (κ3) is 4.68. The summed E-state index contributed by atoms with van der Waals surface area (Å²) in [5.74, 6) is -1.37. The standard InChI is InChI=1S/C16H17ClN4O6S/c17-12-2-1-11(9-14(12)28(24,25)21-5-7-26-8-6-21)19-15(22)10-27-16(23)13-3-4-18-20-13/h1-4,9H,5-8,10H2,(H,18,20)(H,19,22). The molecule has 0 unspecified atom stereocenters. The van der Waals surface area contributed by atoms with E-state index in [0.717, 1.165) is 0 Å². The van der Waals surface area contributed by atoms with E-state index < -0.39 is 28.5 Å². The molecule has 2 heterocycles. The summed E-state index contributed by atoms with van der Waals surface area (Å²) >= 11 is 6.07. The zero-order chi connectivity index (χ0) is 20.1. The van der Waals surface area contributed by atoms with Gasteiger partial charge in [-0.05, 0) is 24.3 Å². The monoisotopic (exact) mass is 428 g/mol. The molecule has 3 rings (SSSR count). The van der Waals surface area contributed by atoms with Gasteiger partial charge in [-0.15, -0.1) is 0 Å². The highest BCUT2D eigenvalue weighted by atomic mass is 35.5. The second kappa shape index (κ2) is 8.69. The lowest BCUT2D eigenvalue weighted by Crippen LogP contribution is -2.40. The minimum absolute atomic E-state index is 0.0372. The molecule has 1 aliphatic rings. The smallest absolute Gasteiger partial charge is 0.356 e. The molecule has 0 saturated carbocycles. The van der Waals surface area contributed by atoms with Crippen LogP contribution in [0.3, 0.4) is 0 Å². The average molecular weight is 429 g/mol. The van der Waals surface area contributed by atoms with Crippen molar-refractivity contribution in [3.8, 4) is 0 Å². The van der Waals surface area contributed by atoms with Crippen LogP contribution in [0.2, 0.25) is 5.02 Å². The molecule has 28 heavy (non-hydrogen) atoms. The number of carbonyl (C=O) groups excluding carboxylic acids is 2. The van der Waals surface area contributed by atoms with E-state index in [1.165, 1.54) is 34.8 Å². The molecule has 0 bridgehead atoms. The molecule has 0 radical (unpaired) electrons. The number of amides is 1. The van der Waals surface area contributed by atoms with Crippen molar-refractivity contribution in [2.75, 3.05) is 38.2 Å². The Morgan fingerprint density at radius 3 is 2.71 bits per heavy atom. The van der Waals surface area contributed by atoms with Crippen molar-refractivity contribution in [2.24, 2.45) is 0 Å². The zero-order valence-corrected chi connectivity index (χ0v) is 16.1. The van der Waals surface area contributed by atoms with Crippen LogP contribution < -0.4 is 5.32 Å². The molecule has 0 atom stereocenters. The Morgan fingerprint density at radius 1 is 1.29 bits per heavy atom. The second-order valence-corrected chi connectivity index (χ2v) is 8.07. The van der Waals surface area contributed by atoms with Crippen LogP contribution in [-0.2, 0) is 24.3 Å². The van der Waals surface area contributed by atoms with Crippen LogP contribution in [0.15, 0.2) is 35.4 Å². The molecule has 1 aliphatic heterocycles. The van der Waals surface area contributed by atoms with Crippen molar-refractivity contribution in [1.29, 1.82) is 0 Å². The Kier molecular flexibility index (Phi) is 6.29. The number of benzene rings is 1. The maximum Gasteiger partial charge on any atom is 0.356 e. The Labute approximate surface area is 165 Å². The first-order valence-electron chi connectivity index (χ1n) is 8.22. The van der Waals surface area contributed by atoms with Gasteiger partial charge in [0.05, 0.1) is 18.2 Å². The fourth-order valence-electron chi connectivity index (χ4n) is 2.48. The maximum absolute atomic E-state index is 12.8. The van der Waals surface area contributed by atoms with Gasteiger partial charge in [-0.3, -0.25) is 9.89 Å². The number of ether oxygens (including phenoxy) is 2. The van der Waals surface area contributed by atoms with Gasteiger partial charge in [0, 0.05) is 25.0 Å². The highest BCUT2D eigenvalue weighted by molar-refractivity contribution is 7.89. The number of morpholine rings is 1. The number of sulfonamides is 1. The Hall–Kier alpha value is -2.47. The summed E-state index contributed by atoms with van der Waals surface area (Å²) in [5.41, 5.74) is 0.317. The number of hydrogen-bond acceptors (Lipinski definition) is 7. The van der Waals surface area contributed by atoms with Crippen molar-refractivity contribution < 1.29 is 27.5 Å². The number of nitrogens with zero attached hydrogens (tertiary/aromatic N) is 2. The van der Waals surface area contributed by atoms with Crippen molar-refractivity contribution in [3.63, 3.8) is 0 Å². The van der Waals surface area contributed by atoms with E-state index in [2.05, 4.69) is 15.5 Å².